The van der Waals surface area contributed by atoms with Gasteiger partial charge in [0.15, 0.2) is 0 Å². The molecular weight excluding hydrogens is 342 g/mol. The highest BCUT2D eigenvalue weighted by Crippen LogP contribution is 2.28. The molecule has 0 bridgehead atoms. The van der Waals surface area contributed by atoms with E-state index < -0.39 is 0 Å². The van der Waals surface area contributed by atoms with E-state index in [0.717, 1.165) is 5.71 Å². The van der Waals surface area contributed by atoms with Gasteiger partial charge in [-0.25, -0.2) is 0 Å². The molecule has 7 nitrogen and oxygen atoms in total. The van der Waals surface area contributed by atoms with E-state index in [1.807, 2.05) is 34.6 Å². The first-order chi connectivity index (χ1) is 11.7. The Hall–Kier alpha value is -1.57. The summed E-state index contributed by atoms with van der Waals surface area (Å²) in [5.74, 6) is -0.271. The Morgan fingerprint density at radius 2 is 2.04 bits per heavy atom. The molecule has 1 unspecified atom stereocenters. The summed E-state index contributed by atoms with van der Waals surface area (Å²) in [5.41, 5.74) is 0.895. The maximum Gasteiger partial charge on any atom is 0.242 e. The van der Waals surface area contributed by atoms with E-state index in [-0.39, 0.29) is 54.2 Å². The molecule has 1 rings (SSSR count). The van der Waals surface area contributed by atoms with Gasteiger partial charge < -0.3 is 10.2 Å². The molecule has 0 radical (unpaired) electrons. The minimum absolute atomic E-state index is 0.102. The average Bonchev–Trinajstić information content (AvgIpc) is 2.78. The van der Waals surface area contributed by atoms with Gasteiger partial charge in [0.2, 0.25) is 17.7 Å². The Morgan fingerprint density at radius 1 is 1.36 bits per heavy atom. The zero-order valence-electron chi connectivity index (χ0n) is 15.7. The van der Waals surface area contributed by atoms with Crippen LogP contribution in [0.15, 0.2) is 5.16 Å². The lowest BCUT2D eigenvalue weighted by molar-refractivity contribution is -0.138. The smallest absolute Gasteiger partial charge is 0.242 e. The molecule has 0 aliphatic carbocycles. The maximum absolute atomic E-state index is 12.2. The molecule has 8 heteroatoms. The van der Waals surface area contributed by atoms with Gasteiger partial charge in [-0.1, -0.05) is 32.9 Å². The SMILES string of the molecule is C/C(=N\OCCNC(=O)CCN1C(=O)CC(SC(C)C)C1=O)C(C)C. The van der Waals surface area contributed by atoms with Gasteiger partial charge in [-0.15, -0.1) is 11.8 Å². The molecule has 0 aromatic rings. The molecule has 0 aromatic carbocycles. The van der Waals surface area contributed by atoms with Gasteiger partial charge in [-0.3, -0.25) is 19.3 Å². The van der Waals surface area contributed by atoms with Crippen molar-refractivity contribution >= 4 is 35.2 Å². The van der Waals surface area contributed by atoms with Crippen molar-refractivity contribution < 1.29 is 19.2 Å². The van der Waals surface area contributed by atoms with Crippen LogP contribution in [0.1, 0.15) is 47.5 Å². The van der Waals surface area contributed by atoms with E-state index in [1.165, 1.54) is 16.7 Å². The number of nitrogens with one attached hydrogen (secondary N) is 1. The third-order valence-corrected chi connectivity index (χ3v) is 5.00. The van der Waals surface area contributed by atoms with Gasteiger partial charge >= 0.3 is 0 Å². The summed E-state index contributed by atoms with van der Waals surface area (Å²) in [6, 6.07) is 0. The molecule has 1 atom stereocenters. The van der Waals surface area contributed by atoms with E-state index in [1.54, 1.807) is 0 Å². The number of carbonyl (C=O) groups excluding carboxylic acids is 3. The summed E-state index contributed by atoms with van der Waals surface area (Å²) in [7, 11) is 0. The fourth-order valence-corrected chi connectivity index (χ4v) is 3.25. The summed E-state index contributed by atoms with van der Waals surface area (Å²) in [4.78, 5) is 42.3. The van der Waals surface area contributed by atoms with Gasteiger partial charge in [0.1, 0.15) is 6.61 Å². The highest BCUT2D eigenvalue weighted by Gasteiger charge is 2.39. The number of oxime groups is 1. The van der Waals surface area contributed by atoms with Crippen molar-refractivity contribution in [3.8, 4) is 0 Å². The van der Waals surface area contributed by atoms with E-state index in [2.05, 4.69) is 10.5 Å². The molecule has 0 spiro atoms. The van der Waals surface area contributed by atoms with Crippen molar-refractivity contribution in [1.82, 2.24) is 10.2 Å². The average molecular weight is 372 g/mol. The molecule has 25 heavy (non-hydrogen) atoms. The Kier molecular flexibility index (Phi) is 8.96. The number of carbonyl (C=O) groups is 3. The first kappa shape index (κ1) is 21.5. The predicted octanol–water partition coefficient (Wildman–Crippen LogP) is 1.81. The number of amides is 3. The first-order valence-electron chi connectivity index (χ1n) is 8.65. The van der Waals surface area contributed by atoms with Crippen LogP contribution in [0.25, 0.3) is 0 Å². The van der Waals surface area contributed by atoms with Crippen molar-refractivity contribution in [2.24, 2.45) is 11.1 Å². The first-order valence-corrected chi connectivity index (χ1v) is 9.59. The molecule has 0 saturated carbocycles. The molecule has 1 N–H and O–H groups in total. The fraction of sp³-hybridized carbons (Fsp3) is 0.765. The number of hydrogen-bond donors (Lipinski definition) is 1. The normalized spacial score (nSPS) is 18.4. The Balaban J connectivity index is 2.27. The predicted molar refractivity (Wildman–Crippen MR) is 99.4 cm³/mol. The highest BCUT2D eigenvalue weighted by molar-refractivity contribution is 8.01. The molecule has 1 fully saturated rings. The van der Waals surface area contributed by atoms with E-state index in [9.17, 15) is 14.4 Å². The monoisotopic (exact) mass is 371 g/mol. The Morgan fingerprint density at radius 3 is 2.64 bits per heavy atom. The van der Waals surface area contributed by atoms with Gasteiger partial charge in [-0.2, -0.15) is 0 Å². The third kappa shape index (κ3) is 7.46. The van der Waals surface area contributed by atoms with Crippen molar-refractivity contribution in [2.75, 3.05) is 19.7 Å². The van der Waals surface area contributed by atoms with Gasteiger partial charge in [-0.05, 0) is 18.1 Å². The molecule has 142 valence electrons. The number of rotatable bonds is 10. The molecule has 1 heterocycles. The second kappa shape index (κ2) is 10.4. The second-order valence-electron chi connectivity index (χ2n) is 6.58. The number of hydrogen-bond acceptors (Lipinski definition) is 6. The molecule has 1 aliphatic rings. The second-order valence-corrected chi connectivity index (χ2v) is 8.37. The fourth-order valence-electron chi connectivity index (χ4n) is 2.11. The summed E-state index contributed by atoms with van der Waals surface area (Å²) in [6.45, 7) is 10.7. The lowest BCUT2D eigenvalue weighted by Gasteiger charge is -2.15. The van der Waals surface area contributed by atoms with Crippen LogP contribution in [-0.2, 0) is 19.2 Å². The Bertz CT molecular complexity index is 520. The largest absolute Gasteiger partial charge is 0.394 e. The highest BCUT2D eigenvalue weighted by atomic mass is 32.2. The van der Waals surface area contributed by atoms with Crippen LogP contribution in [-0.4, -0.2) is 58.5 Å². The van der Waals surface area contributed by atoms with Crippen LogP contribution in [0.5, 0.6) is 0 Å². The maximum atomic E-state index is 12.2. The molecule has 0 aromatic heterocycles. The lowest BCUT2D eigenvalue weighted by Crippen LogP contribution is -2.36. The third-order valence-electron chi connectivity index (χ3n) is 3.76. The zero-order valence-corrected chi connectivity index (χ0v) is 16.5. The van der Waals surface area contributed by atoms with Crippen molar-refractivity contribution in [1.29, 1.82) is 0 Å². The number of nitrogens with zero attached hydrogens (tertiary/aromatic N) is 2. The summed E-state index contributed by atoms with van der Waals surface area (Å²) in [5, 5.41) is 6.61. The zero-order chi connectivity index (χ0) is 19.0. The number of imide groups is 1. The summed E-state index contributed by atoms with van der Waals surface area (Å²) < 4.78 is 0. The standard InChI is InChI=1S/C17H29N3O4S/c1-11(2)13(5)19-24-9-7-18-15(21)6-8-20-16(22)10-14(17(20)23)25-12(3)4/h11-12,14H,6-10H2,1-5H3,(H,18,21)/b19-13+. The van der Waals surface area contributed by atoms with E-state index in [0.29, 0.717) is 12.5 Å². The van der Waals surface area contributed by atoms with E-state index in [4.69, 9.17) is 4.84 Å². The van der Waals surface area contributed by atoms with E-state index >= 15 is 0 Å². The van der Waals surface area contributed by atoms with Crippen LogP contribution < -0.4 is 5.32 Å². The Labute approximate surface area is 153 Å². The summed E-state index contributed by atoms with van der Waals surface area (Å²) >= 11 is 1.49. The van der Waals surface area contributed by atoms with Crippen LogP contribution in [0.2, 0.25) is 0 Å². The molecule has 1 aliphatic heterocycles. The van der Waals surface area contributed by atoms with Crippen molar-refractivity contribution in [2.45, 2.75) is 58.0 Å². The van der Waals surface area contributed by atoms with Gasteiger partial charge in [0.05, 0.1) is 17.5 Å². The topological polar surface area (TPSA) is 88.1 Å². The molecule has 1 saturated heterocycles. The molecular formula is C17H29N3O4S. The van der Waals surface area contributed by atoms with Crippen molar-refractivity contribution in [3.63, 3.8) is 0 Å². The minimum atomic E-state index is -0.314. The van der Waals surface area contributed by atoms with Crippen molar-refractivity contribution in [3.05, 3.63) is 0 Å². The van der Waals surface area contributed by atoms with Crippen LogP contribution in [0, 0.1) is 5.92 Å². The minimum Gasteiger partial charge on any atom is -0.394 e. The quantitative estimate of drug-likeness (QED) is 0.274. The van der Waals surface area contributed by atoms with Crippen LogP contribution in [0.4, 0.5) is 0 Å². The summed E-state index contributed by atoms with van der Waals surface area (Å²) in [6.07, 6.45) is 0.329. The van der Waals surface area contributed by atoms with Crippen LogP contribution in [0.3, 0.4) is 0 Å². The molecule has 3 amide bonds. The lowest BCUT2D eigenvalue weighted by atomic mass is 10.1. The van der Waals surface area contributed by atoms with Gasteiger partial charge in [0, 0.05) is 19.4 Å². The van der Waals surface area contributed by atoms with Gasteiger partial charge in [0.25, 0.3) is 0 Å². The number of likely N-dealkylation sites (tertiary alicyclic amines) is 1. The number of thioether (sulfide) groups is 1. The van der Waals surface area contributed by atoms with Crippen LogP contribution >= 0.6 is 11.8 Å².